The number of nitrogens with zero attached hydrogens (tertiary/aromatic N) is 2. The van der Waals surface area contributed by atoms with Crippen LogP contribution in [0.5, 0.6) is 0 Å². The molecule has 4 heteroatoms. The van der Waals surface area contributed by atoms with Gasteiger partial charge in [-0.25, -0.2) is 0 Å². The van der Waals surface area contributed by atoms with Crippen molar-refractivity contribution in [3.8, 4) is 11.3 Å². The van der Waals surface area contributed by atoms with Crippen molar-refractivity contribution >= 4 is 0 Å². The van der Waals surface area contributed by atoms with E-state index in [4.69, 9.17) is 0 Å². The van der Waals surface area contributed by atoms with E-state index in [1.165, 1.54) is 12.0 Å². The molecule has 3 rings (SSSR count). The van der Waals surface area contributed by atoms with Gasteiger partial charge in [-0.05, 0) is 24.5 Å². The van der Waals surface area contributed by atoms with E-state index in [1.54, 1.807) is 6.20 Å². The molecule has 0 bridgehead atoms. The summed E-state index contributed by atoms with van der Waals surface area (Å²) in [5.74, 6) is 0.823. The van der Waals surface area contributed by atoms with Gasteiger partial charge in [0.25, 0.3) is 0 Å². The zero-order valence-electron chi connectivity index (χ0n) is 9.85. The molecular weight excluding hydrogens is 212 g/mol. The van der Waals surface area contributed by atoms with Crippen LogP contribution in [-0.4, -0.2) is 21.2 Å². The molecule has 1 aliphatic carbocycles. The minimum atomic E-state index is 0.687. The van der Waals surface area contributed by atoms with Gasteiger partial charge in [0, 0.05) is 36.1 Å². The van der Waals surface area contributed by atoms with E-state index in [9.17, 15) is 0 Å². The quantitative estimate of drug-likeness (QED) is 0.841. The lowest BCUT2D eigenvalue weighted by atomic mass is 10.1. The molecule has 2 heterocycles. The second kappa shape index (κ2) is 4.30. The van der Waals surface area contributed by atoms with Crippen LogP contribution in [-0.2, 0) is 6.54 Å². The average Bonchev–Trinajstić information content (AvgIpc) is 2.90. The number of pyridine rings is 1. The van der Waals surface area contributed by atoms with Gasteiger partial charge in [-0.2, -0.15) is 5.10 Å². The zero-order chi connectivity index (χ0) is 11.7. The third kappa shape index (κ3) is 2.22. The molecule has 4 nitrogen and oxygen atoms in total. The lowest BCUT2D eigenvalue weighted by Gasteiger charge is -2.04. The highest BCUT2D eigenvalue weighted by Gasteiger charge is 2.31. The lowest BCUT2D eigenvalue weighted by molar-refractivity contribution is 0.653. The Balaban J connectivity index is 1.75. The molecule has 1 saturated carbocycles. The second-order valence-electron chi connectivity index (χ2n) is 4.71. The van der Waals surface area contributed by atoms with Gasteiger partial charge in [-0.1, -0.05) is 6.92 Å². The van der Waals surface area contributed by atoms with Crippen LogP contribution in [0.3, 0.4) is 0 Å². The molecule has 2 N–H and O–H groups in total. The van der Waals surface area contributed by atoms with Crippen molar-refractivity contribution in [3.63, 3.8) is 0 Å². The maximum absolute atomic E-state index is 4.13. The van der Waals surface area contributed by atoms with Crippen molar-refractivity contribution in [2.75, 3.05) is 0 Å². The molecule has 2 unspecified atom stereocenters. The summed E-state index contributed by atoms with van der Waals surface area (Å²) in [7, 11) is 0. The van der Waals surface area contributed by atoms with Crippen LogP contribution in [0.4, 0.5) is 0 Å². The van der Waals surface area contributed by atoms with E-state index < -0.39 is 0 Å². The first-order valence-electron chi connectivity index (χ1n) is 6.00. The number of H-pyrrole nitrogens is 1. The standard InChI is InChI=1S/C13H16N4/c1-9-5-12(9)15-7-11-8-16-17-13(11)10-3-2-4-14-6-10/h2-4,6,8-9,12,15H,5,7H2,1H3,(H,16,17). The fraction of sp³-hybridized carbons (Fsp3) is 0.385. The summed E-state index contributed by atoms with van der Waals surface area (Å²) < 4.78 is 0. The minimum absolute atomic E-state index is 0.687. The Hall–Kier alpha value is -1.68. The molecule has 1 fully saturated rings. The molecule has 1 aliphatic rings. The van der Waals surface area contributed by atoms with Crippen LogP contribution in [0, 0.1) is 5.92 Å². The van der Waals surface area contributed by atoms with Crippen LogP contribution in [0.15, 0.2) is 30.7 Å². The van der Waals surface area contributed by atoms with Crippen LogP contribution >= 0.6 is 0 Å². The Morgan fingerprint density at radius 3 is 3.06 bits per heavy atom. The Morgan fingerprint density at radius 2 is 2.35 bits per heavy atom. The number of nitrogens with one attached hydrogen (secondary N) is 2. The highest BCUT2D eigenvalue weighted by atomic mass is 15.1. The van der Waals surface area contributed by atoms with E-state index in [0.717, 1.165) is 23.7 Å². The summed E-state index contributed by atoms with van der Waals surface area (Å²) in [6.07, 6.45) is 6.82. The topological polar surface area (TPSA) is 53.6 Å². The Morgan fingerprint density at radius 1 is 1.47 bits per heavy atom. The molecule has 88 valence electrons. The molecule has 0 amide bonds. The van der Waals surface area contributed by atoms with E-state index in [-0.39, 0.29) is 0 Å². The van der Waals surface area contributed by atoms with Crippen molar-refractivity contribution in [3.05, 3.63) is 36.3 Å². The molecule has 17 heavy (non-hydrogen) atoms. The highest BCUT2D eigenvalue weighted by molar-refractivity contribution is 5.61. The summed E-state index contributed by atoms with van der Waals surface area (Å²) in [5, 5.41) is 10.7. The summed E-state index contributed by atoms with van der Waals surface area (Å²) in [6.45, 7) is 3.14. The maximum Gasteiger partial charge on any atom is 0.0710 e. The summed E-state index contributed by atoms with van der Waals surface area (Å²) >= 11 is 0. The molecule has 2 aromatic rings. The second-order valence-corrected chi connectivity index (χ2v) is 4.71. The molecule has 0 spiro atoms. The first-order chi connectivity index (χ1) is 8.34. The van der Waals surface area contributed by atoms with Gasteiger partial charge >= 0.3 is 0 Å². The highest BCUT2D eigenvalue weighted by Crippen LogP contribution is 2.29. The summed E-state index contributed by atoms with van der Waals surface area (Å²) in [6, 6.07) is 4.67. The molecule has 0 radical (unpaired) electrons. The van der Waals surface area contributed by atoms with Crippen molar-refractivity contribution in [2.24, 2.45) is 5.92 Å². The predicted octanol–water partition coefficient (Wildman–Crippen LogP) is 1.97. The van der Waals surface area contributed by atoms with Crippen LogP contribution in [0.1, 0.15) is 18.9 Å². The van der Waals surface area contributed by atoms with Crippen LogP contribution < -0.4 is 5.32 Å². The fourth-order valence-electron chi connectivity index (χ4n) is 2.05. The molecule has 2 aromatic heterocycles. The lowest BCUT2D eigenvalue weighted by Crippen LogP contribution is -2.17. The van der Waals surface area contributed by atoms with Gasteiger partial charge in [0.1, 0.15) is 0 Å². The van der Waals surface area contributed by atoms with E-state index in [0.29, 0.717) is 6.04 Å². The van der Waals surface area contributed by atoms with Crippen LogP contribution in [0.2, 0.25) is 0 Å². The van der Waals surface area contributed by atoms with E-state index in [2.05, 4.69) is 27.4 Å². The third-order valence-electron chi connectivity index (χ3n) is 3.33. The van der Waals surface area contributed by atoms with Gasteiger partial charge in [0.15, 0.2) is 0 Å². The SMILES string of the molecule is CC1CC1NCc1cn[nH]c1-c1cccnc1. The van der Waals surface area contributed by atoms with Gasteiger partial charge in [-0.15, -0.1) is 0 Å². The molecule has 0 aromatic carbocycles. The number of aromatic amines is 1. The smallest absolute Gasteiger partial charge is 0.0710 e. The largest absolute Gasteiger partial charge is 0.310 e. The predicted molar refractivity (Wildman–Crippen MR) is 66.2 cm³/mol. The van der Waals surface area contributed by atoms with E-state index >= 15 is 0 Å². The fourth-order valence-corrected chi connectivity index (χ4v) is 2.05. The molecule has 0 saturated heterocycles. The Bertz CT molecular complexity index is 491. The van der Waals surface area contributed by atoms with Crippen molar-refractivity contribution in [1.29, 1.82) is 0 Å². The van der Waals surface area contributed by atoms with Crippen LogP contribution in [0.25, 0.3) is 11.3 Å². The van der Waals surface area contributed by atoms with Gasteiger partial charge in [0.05, 0.1) is 11.9 Å². The third-order valence-corrected chi connectivity index (χ3v) is 3.33. The normalized spacial score (nSPS) is 22.6. The number of rotatable bonds is 4. The number of hydrogen-bond donors (Lipinski definition) is 2. The average molecular weight is 228 g/mol. The molecular formula is C13H16N4. The van der Waals surface area contributed by atoms with Crippen molar-refractivity contribution < 1.29 is 0 Å². The van der Waals surface area contributed by atoms with Gasteiger partial charge < -0.3 is 5.32 Å². The summed E-state index contributed by atoms with van der Waals surface area (Å²) in [5.41, 5.74) is 3.36. The first-order valence-corrected chi connectivity index (χ1v) is 6.00. The Kier molecular flexibility index (Phi) is 2.65. The van der Waals surface area contributed by atoms with Crippen molar-refractivity contribution in [1.82, 2.24) is 20.5 Å². The Labute approximate surface area is 100 Å². The van der Waals surface area contributed by atoms with Gasteiger partial charge in [-0.3, -0.25) is 10.1 Å². The van der Waals surface area contributed by atoms with Crippen molar-refractivity contribution in [2.45, 2.75) is 25.9 Å². The first kappa shape index (κ1) is 10.5. The van der Waals surface area contributed by atoms with Gasteiger partial charge in [0.2, 0.25) is 0 Å². The molecule has 2 atom stereocenters. The number of hydrogen-bond acceptors (Lipinski definition) is 3. The monoisotopic (exact) mass is 228 g/mol. The minimum Gasteiger partial charge on any atom is -0.310 e. The maximum atomic E-state index is 4.13. The molecule has 0 aliphatic heterocycles. The number of aromatic nitrogens is 3. The van der Waals surface area contributed by atoms with E-state index in [1.807, 2.05) is 24.5 Å². The zero-order valence-corrected chi connectivity index (χ0v) is 9.85. The summed E-state index contributed by atoms with van der Waals surface area (Å²) in [4.78, 5) is 4.13.